The zero-order chi connectivity index (χ0) is 15.7. The van der Waals surface area contributed by atoms with Crippen LogP contribution in [0.1, 0.15) is 13.3 Å². The van der Waals surface area contributed by atoms with Gasteiger partial charge in [0.2, 0.25) is 5.91 Å². The molecule has 1 amide bonds. The molecule has 0 heterocycles. The van der Waals surface area contributed by atoms with Gasteiger partial charge in [-0.3, -0.25) is 9.69 Å². The Kier molecular flexibility index (Phi) is 8.26. The molecule has 118 valence electrons. The van der Waals surface area contributed by atoms with E-state index in [4.69, 9.17) is 5.11 Å². The number of hydrogen-bond acceptors (Lipinski definition) is 4. The average molecular weight is 318 g/mol. The normalized spacial score (nSPS) is 11.1. The number of amides is 1. The van der Waals surface area contributed by atoms with E-state index in [1.165, 1.54) is 0 Å². The summed E-state index contributed by atoms with van der Waals surface area (Å²) in [5.74, 6) is -2.64. The highest BCUT2D eigenvalue weighted by Crippen LogP contribution is 2.26. The van der Waals surface area contributed by atoms with Crippen molar-refractivity contribution in [1.29, 1.82) is 0 Å². The minimum absolute atomic E-state index is 0.00677. The Bertz CT molecular complexity index is 423. The maximum absolute atomic E-state index is 12.2. The van der Waals surface area contributed by atoms with E-state index in [0.717, 1.165) is 13.0 Å². The standard InChI is InChI=1S/C14H20F2N2O2S/c1-2-7-18(8-9-19)10-13(20)17-11-3-5-12(6-4-11)21-14(15)16/h3-6,14,19H,2,7-10H2,1H3,(H,17,20). The first kappa shape index (κ1) is 17.9. The van der Waals surface area contributed by atoms with Crippen LogP contribution in [-0.2, 0) is 4.79 Å². The van der Waals surface area contributed by atoms with Gasteiger partial charge in [-0.1, -0.05) is 18.7 Å². The topological polar surface area (TPSA) is 52.6 Å². The second-order valence-electron chi connectivity index (χ2n) is 4.45. The van der Waals surface area contributed by atoms with Crippen molar-refractivity contribution in [2.45, 2.75) is 24.0 Å². The third-order valence-electron chi connectivity index (χ3n) is 2.69. The minimum Gasteiger partial charge on any atom is -0.395 e. The van der Waals surface area contributed by atoms with E-state index in [9.17, 15) is 13.6 Å². The molecule has 21 heavy (non-hydrogen) atoms. The van der Waals surface area contributed by atoms with E-state index in [-0.39, 0.29) is 19.1 Å². The van der Waals surface area contributed by atoms with Crippen LogP contribution >= 0.6 is 11.8 Å². The number of alkyl halides is 2. The Morgan fingerprint density at radius 2 is 2.00 bits per heavy atom. The van der Waals surface area contributed by atoms with Crippen molar-refractivity contribution >= 4 is 23.4 Å². The molecule has 1 aromatic carbocycles. The predicted octanol–water partition coefficient (Wildman–Crippen LogP) is 2.64. The Morgan fingerprint density at radius 1 is 1.33 bits per heavy atom. The summed E-state index contributed by atoms with van der Waals surface area (Å²) in [4.78, 5) is 14.2. The van der Waals surface area contributed by atoms with Crippen molar-refractivity contribution in [3.8, 4) is 0 Å². The van der Waals surface area contributed by atoms with E-state index in [0.29, 0.717) is 28.9 Å². The maximum atomic E-state index is 12.2. The Hall–Kier alpha value is -1.18. The summed E-state index contributed by atoms with van der Waals surface area (Å²) in [5, 5.41) is 11.6. The number of thioether (sulfide) groups is 1. The summed E-state index contributed by atoms with van der Waals surface area (Å²) in [6.45, 7) is 3.39. The average Bonchev–Trinajstić information content (AvgIpc) is 2.41. The van der Waals surface area contributed by atoms with Crippen LogP contribution in [0.25, 0.3) is 0 Å². The fourth-order valence-corrected chi connectivity index (χ4v) is 2.35. The molecule has 2 N–H and O–H groups in total. The van der Waals surface area contributed by atoms with E-state index < -0.39 is 5.76 Å². The van der Waals surface area contributed by atoms with Crippen LogP contribution in [0.4, 0.5) is 14.5 Å². The first-order valence-electron chi connectivity index (χ1n) is 6.73. The molecule has 0 unspecified atom stereocenters. The Morgan fingerprint density at radius 3 is 2.52 bits per heavy atom. The van der Waals surface area contributed by atoms with Gasteiger partial charge in [-0.2, -0.15) is 8.78 Å². The maximum Gasteiger partial charge on any atom is 0.288 e. The molecule has 0 aliphatic carbocycles. The number of rotatable bonds is 9. The van der Waals surface area contributed by atoms with Crippen molar-refractivity contribution in [3.05, 3.63) is 24.3 Å². The monoisotopic (exact) mass is 318 g/mol. The molecule has 0 saturated carbocycles. The molecule has 0 fully saturated rings. The molecule has 0 bridgehead atoms. The number of hydrogen-bond donors (Lipinski definition) is 2. The third-order valence-corrected chi connectivity index (χ3v) is 3.41. The van der Waals surface area contributed by atoms with Crippen LogP contribution in [0.2, 0.25) is 0 Å². The smallest absolute Gasteiger partial charge is 0.288 e. The van der Waals surface area contributed by atoms with Crippen molar-refractivity contribution in [2.75, 3.05) is 31.6 Å². The summed E-state index contributed by atoms with van der Waals surface area (Å²) in [5.41, 5.74) is 0.569. The molecule has 0 atom stereocenters. The number of halogens is 2. The van der Waals surface area contributed by atoms with Crippen LogP contribution in [0.5, 0.6) is 0 Å². The number of benzene rings is 1. The summed E-state index contributed by atoms with van der Waals surface area (Å²) in [6, 6.07) is 6.28. The molecular formula is C14H20F2N2O2S. The lowest BCUT2D eigenvalue weighted by molar-refractivity contribution is -0.117. The van der Waals surface area contributed by atoms with Crippen LogP contribution < -0.4 is 5.32 Å². The predicted molar refractivity (Wildman–Crippen MR) is 80.7 cm³/mol. The van der Waals surface area contributed by atoms with Crippen molar-refractivity contribution in [1.82, 2.24) is 4.90 Å². The first-order valence-corrected chi connectivity index (χ1v) is 7.61. The number of nitrogens with zero attached hydrogens (tertiary/aromatic N) is 1. The number of anilines is 1. The summed E-state index contributed by atoms with van der Waals surface area (Å²) >= 11 is 0.468. The fourth-order valence-electron chi connectivity index (χ4n) is 1.85. The van der Waals surface area contributed by atoms with Gasteiger partial charge >= 0.3 is 0 Å². The molecule has 1 rings (SSSR count). The first-order chi connectivity index (χ1) is 10.0. The quantitative estimate of drug-likeness (QED) is 0.687. The van der Waals surface area contributed by atoms with Crippen LogP contribution in [0.15, 0.2) is 29.2 Å². The fraction of sp³-hybridized carbons (Fsp3) is 0.500. The van der Waals surface area contributed by atoms with E-state index in [1.807, 2.05) is 11.8 Å². The number of aliphatic hydroxyl groups is 1. The molecule has 1 aromatic rings. The van der Waals surface area contributed by atoms with Gasteiger partial charge < -0.3 is 10.4 Å². The van der Waals surface area contributed by atoms with Gasteiger partial charge in [-0.15, -0.1) is 0 Å². The molecule has 4 nitrogen and oxygen atoms in total. The highest BCUT2D eigenvalue weighted by Gasteiger charge is 2.10. The highest BCUT2D eigenvalue weighted by atomic mass is 32.2. The second-order valence-corrected chi connectivity index (χ2v) is 5.51. The Labute approximate surface area is 127 Å². The Balaban J connectivity index is 2.49. The van der Waals surface area contributed by atoms with E-state index >= 15 is 0 Å². The lowest BCUT2D eigenvalue weighted by Crippen LogP contribution is -2.35. The van der Waals surface area contributed by atoms with Gasteiger partial charge in [0.25, 0.3) is 5.76 Å². The van der Waals surface area contributed by atoms with Crippen molar-refractivity contribution < 1.29 is 18.7 Å². The van der Waals surface area contributed by atoms with Crippen LogP contribution in [0.3, 0.4) is 0 Å². The lowest BCUT2D eigenvalue weighted by atomic mass is 10.3. The highest BCUT2D eigenvalue weighted by molar-refractivity contribution is 7.99. The molecule has 0 spiro atoms. The van der Waals surface area contributed by atoms with Crippen LogP contribution in [-0.4, -0.2) is 47.9 Å². The van der Waals surface area contributed by atoms with Gasteiger partial charge in [0.15, 0.2) is 0 Å². The second kappa shape index (κ2) is 9.70. The zero-order valence-corrected chi connectivity index (χ0v) is 12.7. The van der Waals surface area contributed by atoms with Gasteiger partial charge in [-0.05, 0) is 37.2 Å². The SMILES string of the molecule is CCCN(CCO)CC(=O)Nc1ccc(SC(F)F)cc1. The largest absolute Gasteiger partial charge is 0.395 e. The lowest BCUT2D eigenvalue weighted by Gasteiger charge is -2.19. The van der Waals surface area contributed by atoms with Gasteiger partial charge in [-0.25, -0.2) is 0 Å². The molecule has 0 aromatic heterocycles. The molecular weight excluding hydrogens is 298 g/mol. The molecule has 0 saturated heterocycles. The molecule has 0 aliphatic heterocycles. The van der Waals surface area contributed by atoms with Crippen LogP contribution in [0, 0.1) is 0 Å². The minimum atomic E-state index is -2.45. The summed E-state index contributed by atoms with van der Waals surface area (Å²) in [7, 11) is 0. The van der Waals surface area contributed by atoms with Gasteiger partial charge in [0.05, 0.1) is 13.2 Å². The summed E-state index contributed by atoms with van der Waals surface area (Å²) in [6.07, 6.45) is 0.896. The van der Waals surface area contributed by atoms with Gasteiger partial charge in [0, 0.05) is 17.1 Å². The third kappa shape index (κ3) is 7.40. The molecule has 7 heteroatoms. The molecule has 0 aliphatic rings. The molecule has 0 radical (unpaired) electrons. The van der Waals surface area contributed by atoms with E-state index in [2.05, 4.69) is 5.32 Å². The number of carbonyl (C=O) groups excluding carboxylic acids is 1. The van der Waals surface area contributed by atoms with Crippen molar-refractivity contribution in [2.24, 2.45) is 0 Å². The van der Waals surface area contributed by atoms with E-state index in [1.54, 1.807) is 24.3 Å². The van der Waals surface area contributed by atoms with Crippen molar-refractivity contribution in [3.63, 3.8) is 0 Å². The number of carbonyl (C=O) groups is 1. The zero-order valence-electron chi connectivity index (χ0n) is 11.9. The van der Waals surface area contributed by atoms with Gasteiger partial charge in [0.1, 0.15) is 0 Å². The summed E-state index contributed by atoms with van der Waals surface area (Å²) < 4.78 is 24.4. The number of nitrogens with one attached hydrogen (secondary N) is 1. The number of aliphatic hydroxyl groups excluding tert-OH is 1.